The highest BCUT2D eigenvalue weighted by molar-refractivity contribution is 5.78. The molecule has 2 unspecified atom stereocenters. The maximum atomic E-state index is 11.8. The van der Waals surface area contributed by atoms with Crippen molar-refractivity contribution in [2.24, 2.45) is 11.8 Å². The van der Waals surface area contributed by atoms with Gasteiger partial charge in [-0.2, -0.15) is 0 Å². The number of amides is 1. The van der Waals surface area contributed by atoms with Gasteiger partial charge in [0.2, 0.25) is 5.91 Å². The normalized spacial score (nSPS) is 29.1. The van der Waals surface area contributed by atoms with E-state index in [9.17, 15) is 4.79 Å². The van der Waals surface area contributed by atoms with Gasteiger partial charge in [0.15, 0.2) is 0 Å². The van der Waals surface area contributed by atoms with Gasteiger partial charge in [0, 0.05) is 6.04 Å². The van der Waals surface area contributed by atoms with Gasteiger partial charge in [-0.15, -0.1) is 0 Å². The minimum atomic E-state index is 0.191. The molecule has 0 radical (unpaired) electrons. The smallest absolute Gasteiger partial charge is 0.234 e. The molecule has 0 heterocycles. The van der Waals surface area contributed by atoms with E-state index in [2.05, 4.69) is 17.6 Å². The summed E-state index contributed by atoms with van der Waals surface area (Å²) < 4.78 is 0. The standard InChI is InChI=1S/C16H30N2O/c1-13-6-5-7-14(10-13)11-17-12-16(19)18-15-8-3-2-4-9-15/h13-15,17H,2-12H2,1H3,(H,18,19). The van der Waals surface area contributed by atoms with Crippen molar-refractivity contribution in [3.8, 4) is 0 Å². The van der Waals surface area contributed by atoms with E-state index < -0.39 is 0 Å². The van der Waals surface area contributed by atoms with E-state index in [0.717, 1.165) is 18.4 Å². The summed E-state index contributed by atoms with van der Waals surface area (Å²) in [6, 6.07) is 0.442. The largest absolute Gasteiger partial charge is 0.352 e. The minimum absolute atomic E-state index is 0.191. The van der Waals surface area contributed by atoms with E-state index in [4.69, 9.17) is 0 Å². The van der Waals surface area contributed by atoms with E-state index in [1.807, 2.05) is 0 Å². The number of hydrogen-bond donors (Lipinski definition) is 2. The summed E-state index contributed by atoms with van der Waals surface area (Å²) in [4.78, 5) is 11.8. The molecule has 2 N–H and O–H groups in total. The van der Waals surface area contributed by atoms with Crippen LogP contribution in [0.3, 0.4) is 0 Å². The van der Waals surface area contributed by atoms with Crippen LogP contribution < -0.4 is 10.6 Å². The van der Waals surface area contributed by atoms with E-state index in [1.54, 1.807) is 0 Å². The lowest BCUT2D eigenvalue weighted by atomic mass is 9.82. The number of nitrogens with one attached hydrogen (secondary N) is 2. The first-order valence-electron chi connectivity index (χ1n) is 8.24. The lowest BCUT2D eigenvalue weighted by Crippen LogP contribution is -2.42. The van der Waals surface area contributed by atoms with Crippen LogP contribution in [-0.4, -0.2) is 25.0 Å². The Balaban J connectivity index is 1.55. The molecule has 2 aliphatic rings. The number of hydrogen-bond acceptors (Lipinski definition) is 2. The Kier molecular flexibility index (Phi) is 6.15. The van der Waals surface area contributed by atoms with Gasteiger partial charge in [-0.3, -0.25) is 4.79 Å². The summed E-state index contributed by atoms with van der Waals surface area (Å²) >= 11 is 0. The predicted octanol–water partition coefficient (Wildman–Crippen LogP) is 2.85. The second-order valence-corrected chi connectivity index (χ2v) is 6.67. The van der Waals surface area contributed by atoms with Crippen LogP contribution in [-0.2, 0) is 4.79 Å². The molecule has 2 saturated carbocycles. The van der Waals surface area contributed by atoms with E-state index >= 15 is 0 Å². The highest BCUT2D eigenvalue weighted by Crippen LogP contribution is 2.27. The predicted molar refractivity (Wildman–Crippen MR) is 79.0 cm³/mol. The summed E-state index contributed by atoms with van der Waals surface area (Å²) in [7, 11) is 0. The van der Waals surface area contributed by atoms with Gasteiger partial charge in [0.1, 0.15) is 0 Å². The average Bonchev–Trinajstić information content (AvgIpc) is 2.40. The van der Waals surface area contributed by atoms with Crippen LogP contribution in [0.15, 0.2) is 0 Å². The van der Waals surface area contributed by atoms with Crippen molar-refractivity contribution in [3.63, 3.8) is 0 Å². The summed E-state index contributed by atoms with van der Waals surface area (Å²) in [5.41, 5.74) is 0. The minimum Gasteiger partial charge on any atom is -0.352 e. The maximum absolute atomic E-state index is 11.8. The van der Waals surface area contributed by atoms with Crippen molar-refractivity contribution in [3.05, 3.63) is 0 Å². The first-order chi connectivity index (χ1) is 9.24. The van der Waals surface area contributed by atoms with Crippen molar-refractivity contribution in [1.82, 2.24) is 10.6 Å². The molecule has 2 atom stereocenters. The Morgan fingerprint density at radius 1 is 1.05 bits per heavy atom. The topological polar surface area (TPSA) is 41.1 Å². The second-order valence-electron chi connectivity index (χ2n) is 6.67. The lowest BCUT2D eigenvalue weighted by molar-refractivity contribution is -0.121. The molecular formula is C16H30N2O. The third kappa shape index (κ3) is 5.52. The first-order valence-corrected chi connectivity index (χ1v) is 8.24. The van der Waals surface area contributed by atoms with Crippen LogP contribution in [0.5, 0.6) is 0 Å². The van der Waals surface area contributed by atoms with Crippen LogP contribution in [0, 0.1) is 11.8 Å². The van der Waals surface area contributed by atoms with Crippen molar-refractivity contribution in [2.45, 2.75) is 70.8 Å². The highest BCUT2D eigenvalue weighted by Gasteiger charge is 2.19. The zero-order chi connectivity index (χ0) is 13.5. The number of rotatable bonds is 5. The fourth-order valence-electron chi connectivity index (χ4n) is 3.66. The zero-order valence-electron chi connectivity index (χ0n) is 12.4. The summed E-state index contributed by atoms with van der Waals surface area (Å²) in [6.45, 7) is 3.87. The zero-order valence-corrected chi connectivity index (χ0v) is 12.4. The van der Waals surface area contributed by atoms with Crippen LogP contribution >= 0.6 is 0 Å². The number of carbonyl (C=O) groups excluding carboxylic acids is 1. The molecule has 0 aromatic carbocycles. The molecule has 110 valence electrons. The Hall–Kier alpha value is -0.570. The van der Waals surface area contributed by atoms with Crippen LogP contribution in [0.25, 0.3) is 0 Å². The summed E-state index contributed by atoms with van der Waals surface area (Å²) in [5, 5.41) is 6.52. The fraction of sp³-hybridized carbons (Fsp3) is 0.938. The Morgan fingerprint density at radius 2 is 1.84 bits per heavy atom. The first kappa shape index (κ1) is 14.8. The fourth-order valence-corrected chi connectivity index (χ4v) is 3.66. The van der Waals surface area contributed by atoms with Crippen molar-refractivity contribution in [2.75, 3.05) is 13.1 Å². The van der Waals surface area contributed by atoms with Gasteiger partial charge in [-0.1, -0.05) is 39.0 Å². The molecule has 0 aromatic rings. The van der Waals surface area contributed by atoms with Crippen molar-refractivity contribution in [1.29, 1.82) is 0 Å². The molecule has 0 aromatic heterocycles. The second kappa shape index (κ2) is 7.88. The molecule has 2 rings (SSSR count). The molecule has 3 heteroatoms. The third-order valence-corrected chi connectivity index (χ3v) is 4.73. The summed E-state index contributed by atoms with van der Waals surface area (Å²) in [6.07, 6.45) is 11.7. The lowest BCUT2D eigenvalue weighted by Gasteiger charge is -2.27. The van der Waals surface area contributed by atoms with Gasteiger partial charge in [0.25, 0.3) is 0 Å². The molecule has 2 aliphatic carbocycles. The van der Waals surface area contributed by atoms with Gasteiger partial charge in [-0.05, 0) is 44.1 Å². The molecule has 3 nitrogen and oxygen atoms in total. The molecule has 19 heavy (non-hydrogen) atoms. The average molecular weight is 266 g/mol. The SMILES string of the molecule is CC1CCCC(CNCC(=O)NC2CCCCC2)C1. The Bertz CT molecular complexity index is 274. The van der Waals surface area contributed by atoms with Crippen LogP contribution in [0.1, 0.15) is 64.7 Å². The number of carbonyl (C=O) groups is 1. The Morgan fingerprint density at radius 3 is 2.58 bits per heavy atom. The maximum Gasteiger partial charge on any atom is 0.234 e. The van der Waals surface area contributed by atoms with Gasteiger partial charge in [-0.25, -0.2) is 0 Å². The monoisotopic (exact) mass is 266 g/mol. The molecule has 0 spiro atoms. The van der Waals surface area contributed by atoms with Gasteiger partial charge in [0.05, 0.1) is 6.54 Å². The van der Waals surface area contributed by atoms with Crippen LogP contribution in [0.4, 0.5) is 0 Å². The van der Waals surface area contributed by atoms with Gasteiger partial charge >= 0.3 is 0 Å². The van der Waals surface area contributed by atoms with E-state index in [1.165, 1.54) is 57.8 Å². The third-order valence-electron chi connectivity index (χ3n) is 4.73. The van der Waals surface area contributed by atoms with Crippen molar-refractivity contribution >= 4 is 5.91 Å². The molecule has 0 bridgehead atoms. The molecule has 2 fully saturated rings. The molecular weight excluding hydrogens is 236 g/mol. The van der Waals surface area contributed by atoms with E-state index in [0.29, 0.717) is 12.6 Å². The summed E-state index contributed by atoms with van der Waals surface area (Å²) in [5.74, 6) is 1.85. The van der Waals surface area contributed by atoms with Crippen LogP contribution in [0.2, 0.25) is 0 Å². The highest BCUT2D eigenvalue weighted by atomic mass is 16.1. The molecule has 0 aliphatic heterocycles. The van der Waals surface area contributed by atoms with Crippen molar-refractivity contribution < 1.29 is 4.79 Å². The quantitative estimate of drug-likeness (QED) is 0.803. The van der Waals surface area contributed by atoms with E-state index in [-0.39, 0.29) is 5.91 Å². The molecule has 1 amide bonds. The van der Waals surface area contributed by atoms with Gasteiger partial charge < -0.3 is 10.6 Å². The Labute approximate surface area is 117 Å². The molecule has 0 saturated heterocycles.